The monoisotopic (exact) mass is 337 g/mol. The average molecular weight is 337 g/mol. The number of carbonyl (C=O) groups excluding carboxylic acids is 1. The summed E-state index contributed by atoms with van der Waals surface area (Å²) in [5.41, 5.74) is 1.03. The number of nitrogens with one attached hydrogen (secondary N) is 1. The zero-order valence-electron chi connectivity index (χ0n) is 14.0. The fraction of sp³-hybridized carbons (Fsp3) is 0.333. The van der Waals surface area contributed by atoms with Crippen LogP contribution in [-0.2, 0) is 0 Å². The molecule has 0 saturated heterocycles. The van der Waals surface area contributed by atoms with Crippen LogP contribution >= 0.6 is 0 Å². The lowest BCUT2D eigenvalue weighted by molar-refractivity contribution is 0.102. The third-order valence-electron chi connectivity index (χ3n) is 4.74. The number of pyridine rings is 1. The Bertz CT molecular complexity index is 998. The topological polar surface area (TPSA) is 81.3 Å². The van der Waals surface area contributed by atoms with Crippen LogP contribution in [0.1, 0.15) is 47.6 Å². The van der Waals surface area contributed by atoms with E-state index in [1.54, 1.807) is 30.6 Å². The Balaban J connectivity index is 1.68. The average Bonchev–Trinajstić information content (AvgIpc) is 3.26. The maximum atomic E-state index is 12.7. The first kappa shape index (κ1) is 15.6. The molecule has 7 heteroatoms. The zero-order chi connectivity index (χ0) is 17.4. The molecule has 1 amide bonds. The van der Waals surface area contributed by atoms with Gasteiger partial charge in [0.15, 0.2) is 0 Å². The molecular weight excluding hydrogens is 318 g/mol. The maximum absolute atomic E-state index is 12.7. The van der Waals surface area contributed by atoms with Gasteiger partial charge in [0.1, 0.15) is 17.0 Å². The number of aromatic nitrogens is 4. The number of amides is 1. The molecule has 3 heterocycles. The molecule has 1 fully saturated rings. The maximum Gasteiger partial charge on any atom is 0.270 e. The Hall–Kier alpha value is -2.96. The van der Waals surface area contributed by atoms with Crippen molar-refractivity contribution in [3.63, 3.8) is 0 Å². The van der Waals surface area contributed by atoms with E-state index in [0.717, 1.165) is 18.4 Å². The number of hydrogen-bond donors (Lipinski definition) is 1. The predicted molar refractivity (Wildman–Crippen MR) is 93.9 cm³/mol. The van der Waals surface area contributed by atoms with Crippen molar-refractivity contribution in [2.24, 2.45) is 0 Å². The minimum absolute atomic E-state index is 0.0160. The van der Waals surface area contributed by atoms with Gasteiger partial charge in [-0.2, -0.15) is 5.10 Å². The highest BCUT2D eigenvalue weighted by Gasteiger charge is 2.23. The second-order valence-electron chi connectivity index (χ2n) is 6.42. The summed E-state index contributed by atoms with van der Waals surface area (Å²) < 4.78 is 3.25. The molecule has 1 saturated carbocycles. The van der Waals surface area contributed by atoms with Crippen LogP contribution in [-0.4, -0.2) is 25.1 Å². The molecule has 0 atom stereocenters. The molecule has 3 aromatic rings. The van der Waals surface area contributed by atoms with Crippen LogP contribution in [0.4, 0.5) is 5.82 Å². The lowest BCUT2D eigenvalue weighted by atomic mass is 10.2. The summed E-state index contributed by atoms with van der Waals surface area (Å²) in [5, 5.41) is 7.29. The van der Waals surface area contributed by atoms with Crippen molar-refractivity contribution in [3.05, 3.63) is 58.3 Å². The van der Waals surface area contributed by atoms with Gasteiger partial charge in [-0.1, -0.05) is 18.9 Å². The summed E-state index contributed by atoms with van der Waals surface area (Å²) >= 11 is 0. The van der Waals surface area contributed by atoms with Gasteiger partial charge in [0.25, 0.3) is 11.5 Å². The second-order valence-corrected chi connectivity index (χ2v) is 6.42. The van der Waals surface area contributed by atoms with Gasteiger partial charge in [0.05, 0.1) is 12.2 Å². The largest absolute Gasteiger partial charge is 0.306 e. The van der Waals surface area contributed by atoms with Crippen molar-refractivity contribution in [1.29, 1.82) is 0 Å². The van der Waals surface area contributed by atoms with E-state index in [9.17, 15) is 9.59 Å². The van der Waals surface area contributed by atoms with Crippen LogP contribution in [0.3, 0.4) is 0 Å². The van der Waals surface area contributed by atoms with Crippen LogP contribution in [0.5, 0.6) is 0 Å². The Labute approximate surface area is 144 Å². The number of carbonyl (C=O) groups is 1. The van der Waals surface area contributed by atoms with Crippen molar-refractivity contribution < 1.29 is 4.79 Å². The van der Waals surface area contributed by atoms with E-state index < -0.39 is 5.91 Å². The van der Waals surface area contributed by atoms with Crippen molar-refractivity contribution in [3.8, 4) is 0 Å². The molecule has 0 aliphatic heterocycles. The molecular formula is C18H19N5O2. The number of anilines is 1. The third-order valence-corrected chi connectivity index (χ3v) is 4.74. The predicted octanol–water partition coefficient (Wildman–Crippen LogP) is 2.57. The van der Waals surface area contributed by atoms with Crippen LogP contribution in [0, 0.1) is 6.92 Å². The number of fused-ring (bicyclic) bond motifs is 1. The van der Waals surface area contributed by atoms with Gasteiger partial charge in [0.2, 0.25) is 0 Å². The SMILES string of the molecule is Cc1cnn(C2CCCC2)c1NC(=O)c1cnc2ccccn2c1=O. The minimum atomic E-state index is -0.460. The van der Waals surface area contributed by atoms with Gasteiger partial charge < -0.3 is 5.32 Å². The summed E-state index contributed by atoms with van der Waals surface area (Å²) in [6.07, 6.45) is 9.15. The highest BCUT2D eigenvalue weighted by Crippen LogP contribution is 2.32. The van der Waals surface area contributed by atoms with Crippen LogP contribution in [0.15, 0.2) is 41.6 Å². The van der Waals surface area contributed by atoms with Gasteiger partial charge in [0, 0.05) is 18.0 Å². The molecule has 1 N–H and O–H groups in total. The molecule has 0 aromatic carbocycles. The summed E-state index contributed by atoms with van der Waals surface area (Å²) in [6.45, 7) is 1.90. The van der Waals surface area contributed by atoms with E-state index in [1.165, 1.54) is 23.4 Å². The summed E-state index contributed by atoms with van der Waals surface area (Å²) in [4.78, 5) is 29.4. The lowest BCUT2D eigenvalue weighted by Gasteiger charge is -2.15. The molecule has 4 rings (SSSR count). The quantitative estimate of drug-likeness (QED) is 0.796. The summed E-state index contributed by atoms with van der Waals surface area (Å²) in [6, 6.07) is 5.56. The highest BCUT2D eigenvalue weighted by atomic mass is 16.2. The normalized spacial score (nSPS) is 14.9. The number of hydrogen-bond acceptors (Lipinski definition) is 4. The van der Waals surface area contributed by atoms with Gasteiger partial charge in [-0.25, -0.2) is 9.67 Å². The molecule has 1 aliphatic rings. The zero-order valence-corrected chi connectivity index (χ0v) is 14.0. The van der Waals surface area contributed by atoms with E-state index in [1.807, 2.05) is 11.6 Å². The molecule has 0 unspecified atom stereocenters. The molecule has 1 aliphatic carbocycles. The first-order valence-electron chi connectivity index (χ1n) is 8.47. The Morgan fingerprint density at radius 3 is 2.84 bits per heavy atom. The smallest absolute Gasteiger partial charge is 0.270 e. The van der Waals surface area contributed by atoms with Crippen LogP contribution in [0.2, 0.25) is 0 Å². The van der Waals surface area contributed by atoms with Gasteiger partial charge >= 0.3 is 0 Å². The fourth-order valence-corrected chi connectivity index (χ4v) is 3.39. The first-order chi connectivity index (χ1) is 12.1. The molecule has 7 nitrogen and oxygen atoms in total. The fourth-order valence-electron chi connectivity index (χ4n) is 3.39. The molecule has 0 radical (unpaired) electrons. The van der Waals surface area contributed by atoms with Crippen molar-refractivity contribution in [2.75, 3.05) is 5.32 Å². The number of rotatable bonds is 3. The van der Waals surface area contributed by atoms with Gasteiger partial charge in [-0.3, -0.25) is 14.0 Å². The molecule has 25 heavy (non-hydrogen) atoms. The Morgan fingerprint density at radius 2 is 2.04 bits per heavy atom. The standard InChI is InChI=1S/C18H19N5O2/c1-12-10-20-23(13-6-2-3-7-13)16(12)21-17(24)14-11-19-15-8-4-5-9-22(15)18(14)25/h4-5,8-11,13H,2-3,6-7H2,1H3,(H,21,24). The van der Waals surface area contributed by atoms with Crippen molar-refractivity contribution in [1.82, 2.24) is 19.2 Å². The third kappa shape index (κ3) is 2.71. The van der Waals surface area contributed by atoms with Crippen LogP contribution in [0.25, 0.3) is 5.65 Å². The molecule has 0 spiro atoms. The molecule has 128 valence electrons. The lowest BCUT2D eigenvalue weighted by Crippen LogP contribution is -2.28. The Kier molecular flexibility index (Phi) is 3.83. The molecule has 3 aromatic heterocycles. The number of nitrogens with zero attached hydrogens (tertiary/aromatic N) is 4. The minimum Gasteiger partial charge on any atom is -0.306 e. The van der Waals surface area contributed by atoms with E-state index in [0.29, 0.717) is 17.5 Å². The summed E-state index contributed by atoms with van der Waals surface area (Å²) in [7, 11) is 0. The van der Waals surface area contributed by atoms with E-state index >= 15 is 0 Å². The highest BCUT2D eigenvalue weighted by molar-refractivity contribution is 6.03. The van der Waals surface area contributed by atoms with E-state index in [-0.39, 0.29) is 11.1 Å². The first-order valence-corrected chi connectivity index (χ1v) is 8.47. The van der Waals surface area contributed by atoms with E-state index in [2.05, 4.69) is 15.4 Å². The van der Waals surface area contributed by atoms with Crippen LogP contribution < -0.4 is 10.9 Å². The van der Waals surface area contributed by atoms with Crippen molar-refractivity contribution >= 4 is 17.4 Å². The molecule has 0 bridgehead atoms. The van der Waals surface area contributed by atoms with Gasteiger partial charge in [-0.05, 0) is 31.9 Å². The van der Waals surface area contributed by atoms with E-state index in [4.69, 9.17) is 0 Å². The number of aryl methyl sites for hydroxylation is 1. The van der Waals surface area contributed by atoms with Crippen molar-refractivity contribution in [2.45, 2.75) is 38.6 Å². The van der Waals surface area contributed by atoms with Gasteiger partial charge in [-0.15, -0.1) is 0 Å². The Morgan fingerprint density at radius 1 is 1.24 bits per heavy atom. The second kappa shape index (κ2) is 6.16. The summed E-state index contributed by atoms with van der Waals surface area (Å²) in [5.74, 6) is 0.202.